The molecule has 0 unspecified atom stereocenters. The molecule has 1 atom stereocenters. The van der Waals surface area contributed by atoms with Crippen LogP contribution < -0.4 is 20.1 Å². The van der Waals surface area contributed by atoms with Crippen LogP contribution in [0.25, 0.3) is 0 Å². The Morgan fingerprint density at radius 2 is 1.96 bits per heavy atom. The molecule has 0 saturated heterocycles. The lowest BCUT2D eigenvalue weighted by molar-refractivity contribution is -0.116. The van der Waals surface area contributed by atoms with Crippen molar-refractivity contribution >= 4 is 17.5 Å². The fourth-order valence-corrected chi connectivity index (χ4v) is 3.07. The van der Waals surface area contributed by atoms with Crippen LogP contribution in [-0.2, 0) is 11.2 Å². The molecule has 2 heterocycles. The third-order valence-corrected chi connectivity index (χ3v) is 4.51. The van der Waals surface area contributed by atoms with Gasteiger partial charge in [0.2, 0.25) is 12.7 Å². The lowest BCUT2D eigenvalue weighted by atomic mass is 10.00. The third kappa shape index (κ3) is 3.03. The van der Waals surface area contributed by atoms with Crippen molar-refractivity contribution in [2.24, 2.45) is 0 Å². The summed E-state index contributed by atoms with van der Waals surface area (Å²) < 4.78 is 10.7. The van der Waals surface area contributed by atoms with Crippen LogP contribution in [0.5, 0.6) is 11.5 Å². The fourth-order valence-electron chi connectivity index (χ4n) is 3.07. The molecule has 2 aliphatic rings. The number of hydrogen-bond acceptors (Lipinski definition) is 4. The van der Waals surface area contributed by atoms with Gasteiger partial charge in [-0.2, -0.15) is 0 Å². The maximum atomic E-state index is 12.6. The second-order valence-corrected chi connectivity index (χ2v) is 6.23. The largest absolute Gasteiger partial charge is 0.454 e. The highest BCUT2D eigenvalue weighted by molar-refractivity contribution is 5.98. The summed E-state index contributed by atoms with van der Waals surface area (Å²) in [6.45, 7) is 2.15. The van der Waals surface area contributed by atoms with Crippen LogP contribution in [0.4, 0.5) is 5.69 Å². The topological polar surface area (TPSA) is 76.7 Å². The summed E-state index contributed by atoms with van der Waals surface area (Å²) in [7, 11) is 0. The van der Waals surface area contributed by atoms with Gasteiger partial charge < -0.3 is 20.1 Å². The van der Waals surface area contributed by atoms with Gasteiger partial charge in [-0.3, -0.25) is 9.59 Å². The van der Waals surface area contributed by atoms with Crippen molar-refractivity contribution in [3.63, 3.8) is 0 Å². The van der Waals surface area contributed by atoms with Crippen LogP contribution >= 0.6 is 0 Å². The highest BCUT2D eigenvalue weighted by Crippen LogP contribution is 2.34. The van der Waals surface area contributed by atoms with Gasteiger partial charge in [-0.15, -0.1) is 0 Å². The smallest absolute Gasteiger partial charge is 0.251 e. The average molecular weight is 338 g/mol. The average Bonchev–Trinajstić information content (AvgIpc) is 3.08. The number of carbonyl (C=O) groups excluding carboxylic acids is 2. The third-order valence-electron chi connectivity index (χ3n) is 4.51. The quantitative estimate of drug-likeness (QED) is 0.902. The highest BCUT2D eigenvalue weighted by atomic mass is 16.7. The molecular weight excluding hydrogens is 320 g/mol. The fraction of sp³-hybridized carbons (Fsp3) is 0.263. The molecule has 0 radical (unpaired) electrons. The first-order chi connectivity index (χ1) is 12.1. The molecule has 0 bridgehead atoms. The van der Waals surface area contributed by atoms with Gasteiger partial charge in [0.25, 0.3) is 5.91 Å². The second-order valence-electron chi connectivity index (χ2n) is 6.23. The first kappa shape index (κ1) is 15.5. The van der Waals surface area contributed by atoms with E-state index in [2.05, 4.69) is 10.6 Å². The summed E-state index contributed by atoms with van der Waals surface area (Å²) in [6, 6.07) is 10.8. The molecule has 2 amide bonds. The summed E-state index contributed by atoms with van der Waals surface area (Å²) in [5, 5.41) is 5.82. The molecule has 2 N–H and O–H groups in total. The lowest BCUT2D eigenvalue weighted by Crippen LogP contribution is -2.27. The summed E-state index contributed by atoms with van der Waals surface area (Å²) in [6.07, 6.45) is 1.10. The maximum Gasteiger partial charge on any atom is 0.251 e. The van der Waals surface area contributed by atoms with E-state index in [9.17, 15) is 9.59 Å². The Morgan fingerprint density at radius 3 is 2.84 bits per heavy atom. The maximum absolute atomic E-state index is 12.6. The number of benzene rings is 2. The Balaban J connectivity index is 1.49. The van der Waals surface area contributed by atoms with Crippen LogP contribution in [0.1, 0.15) is 40.9 Å². The minimum atomic E-state index is -0.169. The number of rotatable bonds is 3. The molecule has 0 saturated carbocycles. The number of amides is 2. The van der Waals surface area contributed by atoms with E-state index in [0.29, 0.717) is 24.2 Å². The minimum Gasteiger partial charge on any atom is -0.454 e. The van der Waals surface area contributed by atoms with Gasteiger partial charge in [-0.05, 0) is 54.8 Å². The van der Waals surface area contributed by atoms with Crippen LogP contribution in [0.15, 0.2) is 36.4 Å². The Kier molecular flexibility index (Phi) is 3.80. The number of anilines is 1. The summed E-state index contributed by atoms with van der Waals surface area (Å²) >= 11 is 0. The van der Waals surface area contributed by atoms with Crippen LogP contribution in [0.2, 0.25) is 0 Å². The zero-order valence-corrected chi connectivity index (χ0v) is 13.8. The molecule has 4 rings (SSSR count). The van der Waals surface area contributed by atoms with Gasteiger partial charge >= 0.3 is 0 Å². The van der Waals surface area contributed by atoms with Crippen molar-refractivity contribution in [1.29, 1.82) is 0 Å². The van der Waals surface area contributed by atoms with E-state index >= 15 is 0 Å². The van der Waals surface area contributed by atoms with Gasteiger partial charge in [0.1, 0.15) is 0 Å². The zero-order valence-electron chi connectivity index (χ0n) is 13.8. The monoisotopic (exact) mass is 338 g/mol. The second kappa shape index (κ2) is 6.12. The van der Waals surface area contributed by atoms with E-state index < -0.39 is 0 Å². The van der Waals surface area contributed by atoms with Crippen molar-refractivity contribution in [1.82, 2.24) is 5.32 Å². The lowest BCUT2D eigenvalue weighted by Gasteiger charge is -2.19. The number of fused-ring (bicyclic) bond motifs is 2. The Morgan fingerprint density at radius 1 is 1.12 bits per heavy atom. The molecule has 2 aliphatic heterocycles. The molecular formula is C19H18N2O4. The summed E-state index contributed by atoms with van der Waals surface area (Å²) in [5.41, 5.74) is 3.31. The minimum absolute atomic E-state index is 0.0149. The molecule has 0 aromatic heterocycles. The van der Waals surface area contributed by atoms with E-state index in [-0.39, 0.29) is 24.6 Å². The van der Waals surface area contributed by atoms with Gasteiger partial charge in [0.05, 0.1) is 6.04 Å². The van der Waals surface area contributed by atoms with Crippen molar-refractivity contribution in [3.8, 4) is 11.5 Å². The van der Waals surface area contributed by atoms with Crippen molar-refractivity contribution in [2.45, 2.75) is 25.8 Å². The van der Waals surface area contributed by atoms with Crippen LogP contribution in [0, 0.1) is 0 Å². The Labute approximate surface area is 145 Å². The van der Waals surface area contributed by atoms with Gasteiger partial charge in [0.15, 0.2) is 11.5 Å². The normalized spacial score (nSPS) is 16.0. The molecule has 128 valence electrons. The van der Waals surface area contributed by atoms with Crippen LogP contribution in [0.3, 0.4) is 0 Å². The number of hydrogen-bond donors (Lipinski definition) is 2. The number of ether oxygens (including phenoxy) is 2. The van der Waals surface area contributed by atoms with E-state index in [4.69, 9.17) is 9.47 Å². The standard InChI is InChI=1S/C19H18N2O4/c1-11(12-3-6-16-17(9-12)25-10-24-16)20-19(23)14-2-5-15-13(8-14)4-7-18(22)21-15/h2-3,5-6,8-9,11H,4,7,10H2,1H3,(H,20,23)(H,21,22)/t11-/m0/s1. The van der Waals surface area contributed by atoms with E-state index in [1.165, 1.54) is 0 Å². The SMILES string of the molecule is C[C@H](NC(=O)c1ccc2c(c1)CCC(=O)N2)c1ccc2c(c1)OCO2. The molecule has 25 heavy (non-hydrogen) atoms. The van der Waals surface area contributed by atoms with Crippen molar-refractivity contribution < 1.29 is 19.1 Å². The molecule has 2 aromatic rings. The molecule has 6 nitrogen and oxygen atoms in total. The van der Waals surface area contributed by atoms with E-state index in [0.717, 1.165) is 22.6 Å². The first-order valence-corrected chi connectivity index (χ1v) is 8.23. The molecule has 6 heteroatoms. The molecule has 0 spiro atoms. The predicted octanol–water partition coefficient (Wildman–Crippen LogP) is 2.79. The van der Waals surface area contributed by atoms with Gasteiger partial charge in [0, 0.05) is 17.7 Å². The first-order valence-electron chi connectivity index (χ1n) is 8.23. The summed E-state index contributed by atoms with van der Waals surface area (Å²) in [5.74, 6) is 1.29. The number of aryl methyl sites for hydroxylation is 1. The zero-order chi connectivity index (χ0) is 17.4. The number of carbonyl (C=O) groups is 2. The molecule has 2 aromatic carbocycles. The molecule has 0 fully saturated rings. The van der Waals surface area contributed by atoms with Crippen LogP contribution in [-0.4, -0.2) is 18.6 Å². The summed E-state index contributed by atoms with van der Waals surface area (Å²) in [4.78, 5) is 24.0. The van der Waals surface area contributed by atoms with Gasteiger partial charge in [-0.1, -0.05) is 6.07 Å². The highest BCUT2D eigenvalue weighted by Gasteiger charge is 2.19. The van der Waals surface area contributed by atoms with E-state index in [1.807, 2.05) is 31.2 Å². The van der Waals surface area contributed by atoms with E-state index in [1.54, 1.807) is 12.1 Å². The molecule has 0 aliphatic carbocycles. The Bertz CT molecular complexity index is 862. The Hall–Kier alpha value is -3.02. The van der Waals surface area contributed by atoms with Crippen molar-refractivity contribution in [3.05, 3.63) is 53.1 Å². The predicted molar refractivity (Wildman–Crippen MR) is 91.8 cm³/mol. The van der Waals surface area contributed by atoms with Gasteiger partial charge in [-0.25, -0.2) is 0 Å². The number of nitrogens with one attached hydrogen (secondary N) is 2. The van der Waals surface area contributed by atoms with Crippen molar-refractivity contribution in [2.75, 3.05) is 12.1 Å².